The van der Waals surface area contributed by atoms with E-state index in [2.05, 4.69) is 44.3 Å². The van der Waals surface area contributed by atoms with E-state index in [0.717, 1.165) is 61.1 Å². The second kappa shape index (κ2) is 6.38. The Morgan fingerprint density at radius 2 is 1.92 bits per heavy atom. The summed E-state index contributed by atoms with van der Waals surface area (Å²) in [5.74, 6) is 0.993. The van der Waals surface area contributed by atoms with Crippen LogP contribution in [0, 0.1) is 0 Å². The smallest absolute Gasteiger partial charge is 0.129 e. The first-order valence-corrected chi connectivity index (χ1v) is 8.84. The van der Waals surface area contributed by atoms with E-state index < -0.39 is 0 Å². The number of pyridine rings is 1. The lowest BCUT2D eigenvalue weighted by atomic mass is 9.96. The van der Waals surface area contributed by atoms with Crippen LogP contribution in [0.5, 0.6) is 0 Å². The van der Waals surface area contributed by atoms with E-state index in [1.807, 2.05) is 24.7 Å². The molecule has 26 heavy (non-hydrogen) atoms. The van der Waals surface area contributed by atoms with Crippen LogP contribution in [-0.4, -0.2) is 47.2 Å². The predicted molar refractivity (Wildman–Crippen MR) is 101 cm³/mol. The lowest BCUT2D eigenvalue weighted by Crippen LogP contribution is -2.36. The summed E-state index contributed by atoms with van der Waals surface area (Å²) in [4.78, 5) is 11.6. The maximum atomic E-state index is 5.45. The van der Waals surface area contributed by atoms with Crippen LogP contribution in [0.15, 0.2) is 53.9 Å². The van der Waals surface area contributed by atoms with Crippen LogP contribution in [0.25, 0.3) is 11.1 Å². The molecule has 0 amide bonds. The highest BCUT2D eigenvalue weighted by atomic mass is 16.5. The third-order valence-electron chi connectivity index (χ3n) is 4.96. The van der Waals surface area contributed by atoms with Crippen molar-refractivity contribution in [3.05, 3.63) is 65.6 Å². The van der Waals surface area contributed by atoms with Gasteiger partial charge in [-0.3, -0.25) is 10.1 Å². The summed E-state index contributed by atoms with van der Waals surface area (Å²) in [5.41, 5.74) is 6.85. The predicted octanol–water partition coefficient (Wildman–Crippen LogP) is 2.66. The number of nitrogens with one attached hydrogen (secondary N) is 1. The minimum absolute atomic E-state index is 0.728. The number of hydrogen-bond acceptors (Lipinski definition) is 5. The highest BCUT2D eigenvalue weighted by Gasteiger charge is 2.20. The Labute approximate surface area is 151 Å². The van der Waals surface area contributed by atoms with Gasteiger partial charge in [-0.1, -0.05) is 12.1 Å². The van der Waals surface area contributed by atoms with Crippen molar-refractivity contribution < 1.29 is 4.74 Å². The summed E-state index contributed by atoms with van der Waals surface area (Å²) in [5, 5.41) is 6.93. The molecule has 2 aliphatic rings. The van der Waals surface area contributed by atoms with E-state index in [9.17, 15) is 0 Å². The van der Waals surface area contributed by atoms with Crippen molar-refractivity contribution in [2.75, 3.05) is 31.2 Å². The van der Waals surface area contributed by atoms with E-state index in [1.165, 1.54) is 11.1 Å². The van der Waals surface area contributed by atoms with Gasteiger partial charge in [-0.15, -0.1) is 0 Å². The molecule has 0 radical (unpaired) electrons. The number of ether oxygens (including phenoxy) is 1. The topological polar surface area (TPSA) is 66.4 Å². The Bertz CT molecular complexity index is 958. The molecular weight excluding hydrogens is 326 g/mol. The maximum absolute atomic E-state index is 5.45. The average Bonchev–Trinajstić information content (AvgIpc) is 3.38. The number of aliphatic imine (C=N–C) groups is 1. The van der Waals surface area contributed by atoms with Gasteiger partial charge in [-0.2, -0.15) is 5.10 Å². The van der Waals surface area contributed by atoms with Gasteiger partial charge in [-0.05, 0) is 29.3 Å². The fraction of sp³-hybridized carbons (Fsp3) is 0.250. The summed E-state index contributed by atoms with van der Waals surface area (Å²) in [6.45, 7) is 3.99. The third kappa shape index (κ3) is 2.68. The molecule has 1 saturated heterocycles. The molecule has 1 fully saturated rings. The molecule has 2 aliphatic heterocycles. The fourth-order valence-corrected chi connectivity index (χ4v) is 3.55. The lowest BCUT2D eigenvalue weighted by Gasteiger charge is -2.28. The average molecular weight is 345 g/mol. The van der Waals surface area contributed by atoms with Gasteiger partial charge in [0, 0.05) is 42.2 Å². The lowest BCUT2D eigenvalue weighted by molar-refractivity contribution is 0.122. The number of rotatable bonds is 3. The van der Waals surface area contributed by atoms with Crippen molar-refractivity contribution >= 4 is 11.5 Å². The van der Waals surface area contributed by atoms with E-state index >= 15 is 0 Å². The zero-order valence-electron chi connectivity index (χ0n) is 14.4. The standard InChI is InChI=1S/C20H19N5O/c1-2-16-11-22-20(18(16)9-14(1)17-12-23-24-13-17)15-3-4-21-19(10-15)25-5-7-26-8-6-25/h1-4,9-10,12-13H,5-8,11H2,(H,23,24). The number of nitrogens with zero attached hydrogens (tertiary/aromatic N) is 4. The summed E-state index contributed by atoms with van der Waals surface area (Å²) in [6, 6.07) is 10.7. The molecule has 1 N–H and O–H groups in total. The van der Waals surface area contributed by atoms with E-state index in [4.69, 9.17) is 9.73 Å². The quantitative estimate of drug-likeness (QED) is 0.792. The molecule has 0 atom stereocenters. The first-order chi connectivity index (χ1) is 12.9. The maximum Gasteiger partial charge on any atom is 0.129 e. The van der Waals surface area contributed by atoms with Crippen LogP contribution < -0.4 is 4.90 Å². The second-order valence-electron chi connectivity index (χ2n) is 6.53. The fourth-order valence-electron chi connectivity index (χ4n) is 3.55. The molecule has 5 rings (SSSR count). The second-order valence-corrected chi connectivity index (χ2v) is 6.53. The van der Waals surface area contributed by atoms with Crippen molar-refractivity contribution in [1.82, 2.24) is 15.2 Å². The molecule has 0 unspecified atom stereocenters. The van der Waals surface area contributed by atoms with Gasteiger partial charge in [0.15, 0.2) is 0 Å². The molecule has 1 aromatic carbocycles. The first kappa shape index (κ1) is 15.3. The van der Waals surface area contributed by atoms with Crippen LogP contribution in [0.2, 0.25) is 0 Å². The van der Waals surface area contributed by atoms with Crippen LogP contribution in [0.1, 0.15) is 16.7 Å². The minimum Gasteiger partial charge on any atom is -0.378 e. The zero-order valence-corrected chi connectivity index (χ0v) is 14.4. The molecule has 0 bridgehead atoms. The van der Waals surface area contributed by atoms with Crippen molar-refractivity contribution in [2.45, 2.75) is 6.54 Å². The number of hydrogen-bond donors (Lipinski definition) is 1. The molecule has 0 saturated carbocycles. The Hall–Kier alpha value is -2.99. The van der Waals surface area contributed by atoms with Crippen molar-refractivity contribution in [2.24, 2.45) is 4.99 Å². The zero-order chi connectivity index (χ0) is 17.3. The Balaban J connectivity index is 1.50. The molecule has 0 aliphatic carbocycles. The third-order valence-corrected chi connectivity index (χ3v) is 4.96. The van der Waals surface area contributed by atoms with Gasteiger partial charge in [0.1, 0.15) is 5.82 Å². The Kier molecular flexibility index (Phi) is 3.75. The molecule has 130 valence electrons. The van der Waals surface area contributed by atoms with Crippen molar-refractivity contribution in [1.29, 1.82) is 0 Å². The molecule has 4 heterocycles. The molecule has 2 aromatic heterocycles. The van der Waals surface area contributed by atoms with Gasteiger partial charge in [0.05, 0.1) is 31.7 Å². The number of aromatic nitrogens is 3. The monoisotopic (exact) mass is 345 g/mol. The Morgan fingerprint density at radius 1 is 1.00 bits per heavy atom. The van der Waals surface area contributed by atoms with Gasteiger partial charge >= 0.3 is 0 Å². The van der Waals surface area contributed by atoms with Gasteiger partial charge < -0.3 is 9.64 Å². The summed E-state index contributed by atoms with van der Waals surface area (Å²) < 4.78 is 5.45. The molecular formula is C20H19N5O. The first-order valence-electron chi connectivity index (χ1n) is 8.84. The van der Waals surface area contributed by atoms with Gasteiger partial charge in [-0.25, -0.2) is 4.98 Å². The van der Waals surface area contributed by atoms with Crippen molar-refractivity contribution in [3.8, 4) is 11.1 Å². The Morgan fingerprint density at radius 3 is 2.77 bits per heavy atom. The summed E-state index contributed by atoms with van der Waals surface area (Å²) in [7, 11) is 0. The number of H-pyrrole nitrogens is 1. The SMILES string of the molecule is c1cc(C2=NCc3ccc(-c4cn[nH]c4)cc32)cc(N2CCOCC2)n1. The molecule has 6 heteroatoms. The van der Waals surface area contributed by atoms with E-state index in [0.29, 0.717) is 0 Å². The van der Waals surface area contributed by atoms with E-state index in [1.54, 1.807) is 0 Å². The van der Waals surface area contributed by atoms with Crippen LogP contribution in [0.3, 0.4) is 0 Å². The summed E-state index contributed by atoms with van der Waals surface area (Å²) >= 11 is 0. The molecule has 0 spiro atoms. The number of anilines is 1. The van der Waals surface area contributed by atoms with Gasteiger partial charge in [0.25, 0.3) is 0 Å². The highest BCUT2D eigenvalue weighted by Crippen LogP contribution is 2.29. The van der Waals surface area contributed by atoms with Gasteiger partial charge in [0.2, 0.25) is 0 Å². The number of morpholine rings is 1. The molecule has 3 aromatic rings. The molecule has 6 nitrogen and oxygen atoms in total. The van der Waals surface area contributed by atoms with E-state index in [-0.39, 0.29) is 0 Å². The number of aromatic amines is 1. The normalized spacial score (nSPS) is 16.5. The van der Waals surface area contributed by atoms with Crippen molar-refractivity contribution in [3.63, 3.8) is 0 Å². The summed E-state index contributed by atoms with van der Waals surface area (Å²) in [6.07, 6.45) is 5.63. The number of benzene rings is 1. The van der Waals surface area contributed by atoms with Crippen LogP contribution >= 0.6 is 0 Å². The minimum atomic E-state index is 0.728. The van der Waals surface area contributed by atoms with Crippen LogP contribution in [-0.2, 0) is 11.3 Å². The highest BCUT2D eigenvalue weighted by molar-refractivity contribution is 6.15. The van der Waals surface area contributed by atoms with Crippen LogP contribution in [0.4, 0.5) is 5.82 Å². The largest absolute Gasteiger partial charge is 0.378 e. The number of fused-ring (bicyclic) bond motifs is 1.